The second-order valence-electron chi connectivity index (χ2n) is 3.54. The van der Waals surface area contributed by atoms with Gasteiger partial charge in [-0.25, -0.2) is 4.39 Å². The minimum atomic E-state index is -0.558. The normalized spacial score (nSPS) is 9.94. The largest absolute Gasteiger partial charge is 0.490 e. The molecule has 0 radical (unpaired) electrons. The summed E-state index contributed by atoms with van der Waals surface area (Å²) < 4.78 is 23.8. The summed E-state index contributed by atoms with van der Waals surface area (Å²) in [5.74, 6) is -0.288. The highest BCUT2D eigenvalue weighted by molar-refractivity contribution is 5.43. The van der Waals surface area contributed by atoms with Crippen LogP contribution >= 0.6 is 0 Å². The molecular formula is C13H16FNO2. The molecule has 0 aliphatic heterocycles. The molecule has 0 aromatic heterocycles. The SMILES string of the molecule is CCCCOCCOc1cccc(F)c1C#N. The van der Waals surface area contributed by atoms with E-state index in [-0.39, 0.29) is 11.3 Å². The van der Waals surface area contributed by atoms with Gasteiger partial charge < -0.3 is 9.47 Å². The molecule has 0 N–H and O–H groups in total. The number of rotatable bonds is 7. The van der Waals surface area contributed by atoms with Crippen molar-refractivity contribution < 1.29 is 13.9 Å². The summed E-state index contributed by atoms with van der Waals surface area (Å²) in [5, 5.41) is 8.77. The van der Waals surface area contributed by atoms with Gasteiger partial charge >= 0.3 is 0 Å². The molecule has 1 aromatic carbocycles. The first-order valence-electron chi connectivity index (χ1n) is 5.68. The van der Waals surface area contributed by atoms with Crippen molar-refractivity contribution in [2.24, 2.45) is 0 Å². The Hall–Kier alpha value is -1.60. The molecule has 0 atom stereocenters. The molecule has 1 rings (SSSR count). The summed E-state index contributed by atoms with van der Waals surface area (Å²) in [7, 11) is 0. The highest BCUT2D eigenvalue weighted by atomic mass is 19.1. The lowest BCUT2D eigenvalue weighted by molar-refractivity contribution is 0.0978. The van der Waals surface area contributed by atoms with E-state index in [0.29, 0.717) is 19.8 Å². The maximum absolute atomic E-state index is 13.2. The van der Waals surface area contributed by atoms with Gasteiger partial charge in [0, 0.05) is 6.61 Å². The molecule has 4 heteroatoms. The van der Waals surface area contributed by atoms with Crippen LogP contribution in [-0.2, 0) is 4.74 Å². The summed E-state index contributed by atoms with van der Waals surface area (Å²) in [6, 6.07) is 6.12. The average Bonchev–Trinajstić information content (AvgIpc) is 2.34. The van der Waals surface area contributed by atoms with E-state index in [1.165, 1.54) is 12.1 Å². The van der Waals surface area contributed by atoms with E-state index in [9.17, 15) is 4.39 Å². The number of halogens is 1. The first-order valence-corrected chi connectivity index (χ1v) is 5.68. The topological polar surface area (TPSA) is 42.2 Å². The van der Waals surface area contributed by atoms with Crippen LogP contribution in [0.25, 0.3) is 0 Å². The maximum atomic E-state index is 13.2. The standard InChI is InChI=1S/C13H16FNO2/c1-2-3-7-16-8-9-17-13-6-4-5-12(14)11(13)10-15/h4-6H,2-3,7-9H2,1H3. The smallest absolute Gasteiger partial charge is 0.144 e. The summed E-state index contributed by atoms with van der Waals surface area (Å²) in [4.78, 5) is 0. The average molecular weight is 237 g/mol. The Labute approximate surface area is 101 Å². The molecule has 3 nitrogen and oxygen atoms in total. The second-order valence-corrected chi connectivity index (χ2v) is 3.54. The van der Waals surface area contributed by atoms with Crippen LogP contribution in [0.3, 0.4) is 0 Å². The van der Waals surface area contributed by atoms with Crippen molar-refractivity contribution >= 4 is 0 Å². The number of ether oxygens (including phenoxy) is 2. The van der Waals surface area contributed by atoms with E-state index >= 15 is 0 Å². The highest BCUT2D eigenvalue weighted by Crippen LogP contribution is 2.19. The van der Waals surface area contributed by atoms with E-state index in [0.717, 1.165) is 12.8 Å². The van der Waals surface area contributed by atoms with Crippen LogP contribution < -0.4 is 4.74 Å². The van der Waals surface area contributed by atoms with E-state index in [2.05, 4.69) is 6.92 Å². The molecule has 1 aromatic rings. The Morgan fingerprint density at radius 2 is 2.12 bits per heavy atom. The highest BCUT2D eigenvalue weighted by Gasteiger charge is 2.08. The summed E-state index contributed by atoms with van der Waals surface area (Å²) in [6.45, 7) is 3.56. The zero-order chi connectivity index (χ0) is 12.5. The molecule has 0 saturated heterocycles. The lowest BCUT2D eigenvalue weighted by atomic mass is 10.2. The summed E-state index contributed by atoms with van der Waals surface area (Å²) in [6.07, 6.45) is 2.10. The van der Waals surface area contributed by atoms with E-state index in [1.807, 2.05) is 0 Å². The Balaban J connectivity index is 2.37. The lowest BCUT2D eigenvalue weighted by Crippen LogP contribution is -2.08. The number of benzene rings is 1. The summed E-state index contributed by atoms with van der Waals surface area (Å²) >= 11 is 0. The molecule has 0 aliphatic rings. The zero-order valence-corrected chi connectivity index (χ0v) is 9.91. The number of nitriles is 1. The van der Waals surface area contributed by atoms with E-state index in [1.54, 1.807) is 12.1 Å². The van der Waals surface area contributed by atoms with E-state index in [4.69, 9.17) is 14.7 Å². The molecule has 0 amide bonds. The number of unbranched alkanes of at least 4 members (excludes halogenated alkanes) is 1. The fourth-order valence-electron chi connectivity index (χ4n) is 1.29. The van der Waals surface area contributed by atoms with Crippen molar-refractivity contribution in [2.75, 3.05) is 19.8 Å². The third kappa shape index (κ3) is 4.41. The molecule has 0 heterocycles. The van der Waals surface area contributed by atoms with Crippen molar-refractivity contribution in [3.8, 4) is 11.8 Å². The van der Waals surface area contributed by atoms with Gasteiger partial charge in [0.1, 0.15) is 29.8 Å². The number of hydrogen-bond donors (Lipinski definition) is 0. The van der Waals surface area contributed by atoms with Crippen molar-refractivity contribution in [3.05, 3.63) is 29.6 Å². The Morgan fingerprint density at radius 1 is 1.29 bits per heavy atom. The predicted octanol–water partition coefficient (Wildman–Crippen LogP) is 2.89. The Morgan fingerprint density at radius 3 is 2.82 bits per heavy atom. The molecule has 0 spiro atoms. The molecule has 92 valence electrons. The van der Waals surface area contributed by atoms with Crippen molar-refractivity contribution in [3.63, 3.8) is 0 Å². The molecule has 0 saturated carbocycles. The van der Waals surface area contributed by atoms with Crippen LogP contribution in [0.2, 0.25) is 0 Å². The second kappa shape index (κ2) is 7.64. The van der Waals surface area contributed by atoms with Gasteiger partial charge in [-0.3, -0.25) is 0 Å². The van der Waals surface area contributed by atoms with Crippen LogP contribution in [0.5, 0.6) is 5.75 Å². The van der Waals surface area contributed by atoms with Crippen molar-refractivity contribution in [1.82, 2.24) is 0 Å². The number of nitrogens with zero attached hydrogens (tertiary/aromatic N) is 1. The van der Waals surface area contributed by atoms with Gasteiger partial charge in [0.2, 0.25) is 0 Å². The Bertz CT molecular complexity index is 387. The third-order valence-electron chi connectivity index (χ3n) is 2.21. The predicted molar refractivity (Wildman–Crippen MR) is 62.3 cm³/mol. The minimum Gasteiger partial charge on any atom is -0.490 e. The van der Waals surface area contributed by atoms with Crippen LogP contribution in [0.4, 0.5) is 4.39 Å². The quantitative estimate of drug-likeness (QED) is 0.685. The lowest BCUT2D eigenvalue weighted by Gasteiger charge is -2.08. The first kappa shape index (κ1) is 13.5. The molecular weight excluding hydrogens is 221 g/mol. The molecule has 0 unspecified atom stereocenters. The summed E-state index contributed by atoms with van der Waals surface area (Å²) in [5.41, 5.74) is -0.0546. The molecule has 17 heavy (non-hydrogen) atoms. The molecule has 0 aliphatic carbocycles. The number of hydrogen-bond acceptors (Lipinski definition) is 3. The van der Waals surface area contributed by atoms with E-state index < -0.39 is 5.82 Å². The monoisotopic (exact) mass is 237 g/mol. The third-order valence-corrected chi connectivity index (χ3v) is 2.21. The fraction of sp³-hybridized carbons (Fsp3) is 0.462. The van der Waals surface area contributed by atoms with Gasteiger partial charge in [0.25, 0.3) is 0 Å². The minimum absolute atomic E-state index is 0.0546. The Kier molecular flexibility index (Phi) is 6.05. The van der Waals surface area contributed by atoms with Crippen LogP contribution in [0.1, 0.15) is 25.3 Å². The van der Waals surface area contributed by atoms with Crippen LogP contribution in [0.15, 0.2) is 18.2 Å². The fourth-order valence-corrected chi connectivity index (χ4v) is 1.29. The van der Waals surface area contributed by atoms with Gasteiger partial charge in [-0.15, -0.1) is 0 Å². The molecule has 0 bridgehead atoms. The van der Waals surface area contributed by atoms with Crippen molar-refractivity contribution in [2.45, 2.75) is 19.8 Å². The van der Waals surface area contributed by atoms with Crippen molar-refractivity contribution in [1.29, 1.82) is 5.26 Å². The van der Waals surface area contributed by atoms with Gasteiger partial charge in [-0.05, 0) is 18.6 Å². The van der Waals surface area contributed by atoms with Crippen LogP contribution in [0, 0.1) is 17.1 Å². The molecule has 0 fully saturated rings. The zero-order valence-electron chi connectivity index (χ0n) is 9.91. The van der Waals surface area contributed by atoms with Gasteiger partial charge in [-0.1, -0.05) is 19.4 Å². The van der Waals surface area contributed by atoms with Gasteiger partial charge in [-0.2, -0.15) is 5.26 Å². The first-order chi connectivity index (χ1) is 8.29. The van der Waals surface area contributed by atoms with Gasteiger partial charge in [0.15, 0.2) is 0 Å². The van der Waals surface area contributed by atoms with Crippen LogP contribution in [-0.4, -0.2) is 19.8 Å². The maximum Gasteiger partial charge on any atom is 0.144 e. The van der Waals surface area contributed by atoms with Gasteiger partial charge in [0.05, 0.1) is 6.61 Å².